The molecule has 1 aromatic heterocycles. The van der Waals surface area contributed by atoms with Crippen molar-refractivity contribution in [2.24, 2.45) is 0 Å². The number of nitrogens with zero attached hydrogens (tertiary/aromatic N) is 1. The van der Waals surface area contributed by atoms with Crippen LogP contribution in [0.25, 0.3) is 0 Å². The van der Waals surface area contributed by atoms with Crippen molar-refractivity contribution in [3.05, 3.63) is 72.1 Å². The van der Waals surface area contributed by atoms with E-state index in [1.807, 2.05) is 31.2 Å². The second kappa shape index (κ2) is 8.16. The van der Waals surface area contributed by atoms with Gasteiger partial charge in [-0.15, -0.1) is 0 Å². The molecular weight excluding hydrogens is 352 g/mol. The van der Waals surface area contributed by atoms with Crippen LogP contribution in [0.4, 0.5) is 0 Å². The number of sulfonamides is 1. The first kappa shape index (κ1) is 18.2. The van der Waals surface area contributed by atoms with Crippen molar-refractivity contribution in [1.29, 1.82) is 0 Å². The molecule has 0 atom stereocenters. The van der Waals surface area contributed by atoms with E-state index in [0.29, 0.717) is 30.9 Å². The van der Waals surface area contributed by atoms with Gasteiger partial charge in [-0.2, -0.15) is 0 Å². The molecule has 0 aliphatic heterocycles. The first-order chi connectivity index (χ1) is 12.5. The zero-order chi connectivity index (χ0) is 18.4. The first-order valence-corrected chi connectivity index (χ1v) is 9.74. The number of nitrogens with one attached hydrogen (secondary N) is 1. The molecule has 7 heteroatoms. The molecule has 0 radical (unpaired) electrons. The highest BCUT2D eigenvalue weighted by Gasteiger charge is 2.13. The molecule has 2 aromatic carbocycles. The molecule has 6 nitrogen and oxygen atoms in total. The maximum Gasteiger partial charge on any atom is 0.240 e. The molecule has 0 aliphatic rings. The predicted molar refractivity (Wildman–Crippen MR) is 97.7 cm³/mol. The molecule has 0 unspecified atom stereocenters. The zero-order valence-corrected chi connectivity index (χ0v) is 15.2. The Hall–Kier alpha value is -2.64. The van der Waals surface area contributed by atoms with Gasteiger partial charge in [0.05, 0.1) is 11.1 Å². The van der Waals surface area contributed by atoms with Gasteiger partial charge >= 0.3 is 0 Å². The van der Waals surface area contributed by atoms with E-state index in [1.165, 1.54) is 12.1 Å². The van der Waals surface area contributed by atoms with E-state index in [2.05, 4.69) is 9.88 Å². The van der Waals surface area contributed by atoms with Gasteiger partial charge in [0.15, 0.2) is 0 Å². The molecule has 0 saturated carbocycles. The van der Waals surface area contributed by atoms with Gasteiger partial charge in [-0.25, -0.2) is 13.1 Å². The largest absolute Gasteiger partial charge is 0.457 e. The molecule has 0 saturated heterocycles. The minimum atomic E-state index is -3.54. The fourth-order valence-electron chi connectivity index (χ4n) is 2.43. The average molecular weight is 372 g/mol. The lowest BCUT2D eigenvalue weighted by atomic mass is 10.2. The summed E-state index contributed by atoms with van der Waals surface area (Å²) in [4.78, 5) is 0.207. The molecule has 0 spiro atoms. The predicted octanol–water partition coefficient (Wildman–Crippen LogP) is 3.69. The fraction of sp³-hybridized carbons (Fsp3) is 0.211. The standard InChI is InChI=1S/C19H20N2O4S/c1-15-4-2-6-18(12-15)25-17-7-9-19(10-8-17)26(22,23)21-11-3-5-16-13-20-24-14-16/h2,4,6-10,12-14,21H,3,5,11H2,1H3. The van der Waals surface area contributed by atoms with Gasteiger partial charge in [-0.05, 0) is 61.7 Å². The minimum Gasteiger partial charge on any atom is -0.457 e. The molecule has 3 rings (SSSR count). The number of aryl methyl sites for hydroxylation is 2. The van der Waals surface area contributed by atoms with Crippen LogP contribution >= 0.6 is 0 Å². The topological polar surface area (TPSA) is 81.4 Å². The van der Waals surface area contributed by atoms with E-state index in [4.69, 9.17) is 9.26 Å². The van der Waals surface area contributed by atoms with Crippen LogP contribution < -0.4 is 9.46 Å². The van der Waals surface area contributed by atoms with Gasteiger partial charge in [0.2, 0.25) is 10.0 Å². The molecule has 0 fully saturated rings. The average Bonchev–Trinajstić information content (AvgIpc) is 3.13. The molecule has 3 aromatic rings. The summed E-state index contributed by atoms with van der Waals surface area (Å²) < 4.78 is 37.7. The van der Waals surface area contributed by atoms with Crippen molar-refractivity contribution in [2.75, 3.05) is 6.54 Å². The summed E-state index contributed by atoms with van der Waals surface area (Å²) in [5, 5.41) is 3.61. The fourth-order valence-corrected chi connectivity index (χ4v) is 3.51. The number of hydrogen-bond donors (Lipinski definition) is 1. The Kier molecular flexibility index (Phi) is 5.70. The van der Waals surface area contributed by atoms with Crippen molar-refractivity contribution < 1.29 is 17.7 Å². The molecule has 1 heterocycles. The second-order valence-electron chi connectivity index (χ2n) is 5.92. The van der Waals surface area contributed by atoms with Crippen molar-refractivity contribution >= 4 is 10.0 Å². The van der Waals surface area contributed by atoms with E-state index in [-0.39, 0.29) is 4.90 Å². The minimum absolute atomic E-state index is 0.207. The van der Waals surface area contributed by atoms with Crippen LogP contribution in [0.15, 0.2) is 70.4 Å². The highest BCUT2D eigenvalue weighted by atomic mass is 32.2. The van der Waals surface area contributed by atoms with Gasteiger partial charge in [-0.3, -0.25) is 0 Å². The summed E-state index contributed by atoms with van der Waals surface area (Å²) in [5.41, 5.74) is 2.04. The number of aromatic nitrogens is 1. The molecule has 0 amide bonds. The Morgan fingerprint density at radius 3 is 2.62 bits per heavy atom. The van der Waals surface area contributed by atoms with Crippen molar-refractivity contribution in [2.45, 2.75) is 24.7 Å². The Labute approximate surface area is 152 Å². The summed E-state index contributed by atoms with van der Waals surface area (Å²) in [5.74, 6) is 1.30. The number of benzene rings is 2. The maximum absolute atomic E-state index is 12.3. The van der Waals surface area contributed by atoms with E-state index in [1.54, 1.807) is 24.6 Å². The lowest BCUT2D eigenvalue weighted by molar-refractivity contribution is 0.418. The third kappa shape index (κ3) is 4.93. The number of rotatable bonds is 8. The number of ether oxygens (including phenoxy) is 1. The van der Waals surface area contributed by atoms with E-state index >= 15 is 0 Å². The summed E-state index contributed by atoms with van der Waals surface area (Å²) in [6.45, 7) is 2.33. The van der Waals surface area contributed by atoms with E-state index in [0.717, 1.165) is 11.1 Å². The van der Waals surface area contributed by atoms with Crippen LogP contribution in [0.1, 0.15) is 17.5 Å². The van der Waals surface area contributed by atoms with Crippen molar-refractivity contribution in [1.82, 2.24) is 9.88 Å². The monoisotopic (exact) mass is 372 g/mol. The molecule has 0 aliphatic carbocycles. The Morgan fingerprint density at radius 1 is 1.12 bits per heavy atom. The molecule has 26 heavy (non-hydrogen) atoms. The van der Waals surface area contributed by atoms with Crippen LogP contribution in [-0.2, 0) is 16.4 Å². The smallest absolute Gasteiger partial charge is 0.240 e. The van der Waals surface area contributed by atoms with Crippen LogP contribution in [0.3, 0.4) is 0 Å². The van der Waals surface area contributed by atoms with Gasteiger partial charge in [0.25, 0.3) is 0 Å². The Morgan fingerprint density at radius 2 is 1.92 bits per heavy atom. The third-order valence-electron chi connectivity index (χ3n) is 3.78. The second-order valence-corrected chi connectivity index (χ2v) is 7.69. The molecule has 0 bridgehead atoms. The maximum atomic E-state index is 12.3. The summed E-state index contributed by atoms with van der Waals surface area (Å²) in [6, 6.07) is 14.0. The van der Waals surface area contributed by atoms with E-state index < -0.39 is 10.0 Å². The lowest BCUT2D eigenvalue weighted by Crippen LogP contribution is -2.25. The lowest BCUT2D eigenvalue weighted by Gasteiger charge is -2.09. The van der Waals surface area contributed by atoms with Crippen LogP contribution in [-0.4, -0.2) is 20.1 Å². The van der Waals surface area contributed by atoms with Crippen molar-refractivity contribution in [3.8, 4) is 11.5 Å². The van der Waals surface area contributed by atoms with Gasteiger partial charge in [0.1, 0.15) is 17.8 Å². The summed E-state index contributed by atoms with van der Waals surface area (Å²) >= 11 is 0. The molecule has 1 N–H and O–H groups in total. The molecular formula is C19H20N2O4S. The van der Waals surface area contributed by atoms with E-state index in [9.17, 15) is 8.42 Å². The van der Waals surface area contributed by atoms with Crippen LogP contribution in [0.5, 0.6) is 11.5 Å². The quantitative estimate of drug-likeness (QED) is 0.610. The summed E-state index contributed by atoms with van der Waals surface area (Å²) in [7, 11) is -3.54. The highest BCUT2D eigenvalue weighted by Crippen LogP contribution is 2.23. The Balaban J connectivity index is 1.56. The highest BCUT2D eigenvalue weighted by molar-refractivity contribution is 7.89. The molecule has 136 valence electrons. The zero-order valence-electron chi connectivity index (χ0n) is 14.4. The van der Waals surface area contributed by atoms with Gasteiger partial charge in [-0.1, -0.05) is 17.3 Å². The third-order valence-corrected chi connectivity index (χ3v) is 5.25. The van der Waals surface area contributed by atoms with Crippen LogP contribution in [0, 0.1) is 6.92 Å². The normalized spacial score (nSPS) is 11.4. The number of hydrogen-bond acceptors (Lipinski definition) is 5. The van der Waals surface area contributed by atoms with Gasteiger partial charge in [0, 0.05) is 12.1 Å². The first-order valence-electron chi connectivity index (χ1n) is 8.25. The summed E-state index contributed by atoms with van der Waals surface area (Å²) in [6.07, 6.45) is 4.55. The van der Waals surface area contributed by atoms with Crippen molar-refractivity contribution in [3.63, 3.8) is 0 Å². The SMILES string of the molecule is Cc1cccc(Oc2ccc(S(=O)(=O)NCCCc3cnoc3)cc2)c1. The van der Waals surface area contributed by atoms with Crippen LogP contribution in [0.2, 0.25) is 0 Å². The Bertz CT molecular complexity index is 936. The van der Waals surface area contributed by atoms with Gasteiger partial charge < -0.3 is 9.26 Å².